The highest BCUT2D eigenvalue weighted by molar-refractivity contribution is 7.92. The number of nitriles is 1. The zero-order chi connectivity index (χ0) is 15.6. The smallest absolute Gasteiger partial charge is 0.284 e. The molecule has 1 aromatic carbocycles. The lowest BCUT2D eigenvalue weighted by molar-refractivity contribution is -0.137. The second-order valence-electron chi connectivity index (χ2n) is 4.65. The molecular formula is C12H13F3N2O2S. The van der Waals surface area contributed by atoms with Gasteiger partial charge in [0.2, 0.25) is 10.0 Å². The molecule has 0 radical (unpaired) electrons. The van der Waals surface area contributed by atoms with Gasteiger partial charge in [0, 0.05) is 5.69 Å². The van der Waals surface area contributed by atoms with Gasteiger partial charge in [0.05, 0.1) is 22.9 Å². The van der Waals surface area contributed by atoms with Crippen molar-refractivity contribution in [2.75, 3.05) is 10.5 Å². The van der Waals surface area contributed by atoms with E-state index in [1.54, 1.807) is 13.8 Å². The number of anilines is 1. The Bertz CT molecular complexity index is 631. The highest BCUT2D eigenvalue weighted by Crippen LogP contribution is 2.33. The van der Waals surface area contributed by atoms with Crippen LogP contribution in [0.15, 0.2) is 18.2 Å². The third kappa shape index (κ3) is 4.42. The van der Waals surface area contributed by atoms with E-state index in [1.165, 1.54) is 6.07 Å². The minimum Gasteiger partial charge on any atom is -0.284 e. The Morgan fingerprint density at radius 2 is 1.95 bits per heavy atom. The molecule has 0 unspecified atom stereocenters. The predicted molar refractivity (Wildman–Crippen MR) is 68.4 cm³/mol. The number of hydrogen-bond acceptors (Lipinski definition) is 3. The summed E-state index contributed by atoms with van der Waals surface area (Å²) in [5, 5.41) is 8.64. The zero-order valence-corrected chi connectivity index (χ0v) is 11.6. The van der Waals surface area contributed by atoms with Gasteiger partial charge >= 0.3 is 6.18 Å². The molecule has 0 heterocycles. The van der Waals surface area contributed by atoms with Gasteiger partial charge in [0.25, 0.3) is 0 Å². The molecule has 0 atom stereocenters. The molecule has 0 amide bonds. The van der Waals surface area contributed by atoms with Crippen LogP contribution in [0.2, 0.25) is 0 Å². The van der Waals surface area contributed by atoms with Crippen molar-refractivity contribution in [3.8, 4) is 6.07 Å². The van der Waals surface area contributed by atoms with E-state index in [0.29, 0.717) is 6.07 Å². The van der Waals surface area contributed by atoms with Crippen LogP contribution in [0.4, 0.5) is 18.9 Å². The van der Waals surface area contributed by atoms with E-state index in [2.05, 4.69) is 4.72 Å². The molecule has 0 aliphatic rings. The highest BCUT2D eigenvalue weighted by Gasteiger charge is 2.34. The van der Waals surface area contributed by atoms with E-state index >= 15 is 0 Å². The van der Waals surface area contributed by atoms with Crippen LogP contribution in [0.25, 0.3) is 0 Å². The number of halogens is 3. The molecule has 0 aromatic heterocycles. The van der Waals surface area contributed by atoms with E-state index in [0.717, 1.165) is 12.1 Å². The molecule has 0 saturated carbocycles. The molecule has 1 N–H and O–H groups in total. The predicted octanol–water partition coefficient (Wildman–Crippen LogP) is 2.97. The summed E-state index contributed by atoms with van der Waals surface area (Å²) >= 11 is 0. The first-order valence-corrected chi connectivity index (χ1v) is 7.32. The van der Waals surface area contributed by atoms with Gasteiger partial charge in [0.1, 0.15) is 0 Å². The molecule has 110 valence electrons. The number of benzene rings is 1. The summed E-state index contributed by atoms with van der Waals surface area (Å²) in [6.07, 6.45) is -4.72. The van der Waals surface area contributed by atoms with Gasteiger partial charge in [-0.2, -0.15) is 18.4 Å². The van der Waals surface area contributed by atoms with Gasteiger partial charge in [-0.05, 0) is 24.1 Å². The van der Waals surface area contributed by atoms with E-state index < -0.39 is 27.3 Å². The van der Waals surface area contributed by atoms with E-state index in [-0.39, 0.29) is 17.4 Å². The van der Waals surface area contributed by atoms with E-state index in [9.17, 15) is 21.6 Å². The van der Waals surface area contributed by atoms with Crippen molar-refractivity contribution in [1.29, 1.82) is 5.26 Å². The highest BCUT2D eigenvalue weighted by atomic mass is 32.2. The lowest BCUT2D eigenvalue weighted by Crippen LogP contribution is -2.20. The fraction of sp³-hybridized carbons (Fsp3) is 0.417. The maximum Gasteiger partial charge on any atom is 0.417 e. The Morgan fingerprint density at radius 1 is 1.35 bits per heavy atom. The zero-order valence-electron chi connectivity index (χ0n) is 10.8. The summed E-state index contributed by atoms with van der Waals surface area (Å²) in [4.78, 5) is 0. The number of nitrogens with zero attached hydrogens (tertiary/aromatic N) is 1. The number of sulfonamides is 1. The van der Waals surface area contributed by atoms with Crippen molar-refractivity contribution in [2.24, 2.45) is 5.92 Å². The van der Waals surface area contributed by atoms with Crippen LogP contribution in [0, 0.1) is 17.2 Å². The summed E-state index contributed by atoms with van der Waals surface area (Å²) in [5.41, 5.74) is -1.92. The Balaban J connectivity index is 3.15. The van der Waals surface area contributed by atoms with Gasteiger partial charge in [-0.1, -0.05) is 13.8 Å². The van der Waals surface area contributed by atoms with Crippen LogP contribution in [-0.2, 0) is 16.2 Å². The quantitative estimate of drug-likeness (QED) is 0.929. The van der Waals surface area contributed by atoms with Crippen molar-refractivity contribution < 1.29 is 21.6 Å². The largest absolute Gasteiger partial charge is 0.417 e. The minimum absolute atomic E-state index is 0.159. The van der Waals surface area contributed by atoms with Gasteiger partial charge in [0.15, 0.2) is 0 Å². The molecule has 0 aliphatic heterocycles. The van der Waals surface area contributed by atoms with E-state index in [1.807, 2.05) is 0 Å². The summed E-state index contributed by atoms with van der Waals surface area (Å²) in [6.45, 7) is 3.36. The third-order valence-electron chi connectivity index (χ3n) is 2.27. The Kier molecular flexibility index (Phi) is 4.65. The van der Waals surface area contributed by atoms with Crippen molar-refractivity contribution in [3.63, 3.8) is 0 Å². The van der Waals surface area contributed by atoms with Crippen LogP contribution >= 0.6 is 0 Å². The fourth-order valence-corrected chi connectivity index (χ4v) is 3.05. The van der Waals surface area contributed by atoms with Crippen molar-refractivity contribution >= 4 is 15.7 Å². The van der Waals surface area contributed by atoms with Crippen molar-refractivity contribution in [3.05, 3.63) is 29.3 Å². The molecule has 20 heavy (non-hydrogen) atoms. The Labute approximate surface area is 115 Å². The lowest BCUT2D eigenvalue weighted by atomic mass is 10.1. The first kappa shape index (κ1) is 16.3. The van der Waals surface area contributed by atoms with Crippen LogP contribution in [0.3, 0.4) is 0 Å². The summed E-state index contributed by atoms with van der Waals surface area (Å²) < 4.78 is 63.6. The van der Waals surface area contributed by atoms with Gasteiger partial charge < -0.3 is 0 Å². The topological polar surface area (TPSA) is 70.0 Å². The number of alkyl halides is 3. The van der Waals surface area contributed by atoms with Crippen LogP contribution < -0.4 is 4.72 Å². The molecule has 1 rings (SSSR count). The average Bonchev–Trinajstić information content (AvgIpc) is 2.25. The monoisotopic (exact) mass is 306 g/mol. The SMILES string of the molecule is CC(C)CS(=O)(=O)Nc1ccc(C#N)c(C(F)(F)F)c1. The first-order valence-electron chi connectivity index (χ1n) is 5.67. The Morgan fingerprint density at radius 3 is 2.40 bits per heavy atom. The summed E-state index contributed by atoms with van der Waals surface area (Å²) in [5.74, 6) is -0.359. The molecular weight excluding hydrogens is 293 g/mol. The molecule has 0 fully saturated rings. The minimum atomic E-state index is -4.72. The van der Waals surface area contributed by atoms with Gasteiger partial charge in [-0.15, -0.1) is 0 Å². The van der Waals surface area contributed by atoms with E-state index in [4.69, 9.17) is 5.26 Å². The van der Waals surface area contributed by atoms with Crippen molar-refractivity contribution in [1.82, 2.24) is 0 Å². The first-order chi connectivity index (χ1) is 9.05. The normalized spacial score (nSPS) is 12.2. The third-order valence-corrected chi connectivity index (χ3v) is 3.92. The Hall–Kier alpha value is -1.75. The standard InChI is InChI=1S/C12H13F3N2O2S/c1-8(2)7-20(18,19)17-10-4-3-9(6-16)11(5-10)12(13,14)15/h3-5,8,17H,7H2,1-2H3. The van der Waals surface area contributed by atoms with Gasteiger partial charge in [-0.25, -0.2) is 8.42 Å². The molecule has 0 aliphatic carbocycles. The van der Waals surface area contributed by atoms with Crippen LogP contribution in [0.5, 0.6) is 0 Å². The van der Waals surface area contributed by atoms with Crippen LogP contribution in [-0.4, -0.2) is 14.2 Å². The molecule has 1 aromatic rings. The average molecular weight is 306 g/mol. The molecule has 0 bridgehead atoms. The summed E-state index contributed by atoms with van der Waals surface area (Å²) in [6, 6.07) is 4.12. The second-order valence-corrected chi connectivity index (χ2v) is 6.41. The van der Waals surface area contributed by atoms with Gasteiger partial charge in [-0.3, -0.25) is 4.72 Å². The maximum absolute atomic E-state index is 12.7. The number of nitrogens with one attached hydrogen (secondary N) is 1. The molecule has 8 heteroatoms. The summed E-state index contributed by atoms with van der Waals surface area (Å²) in [7, 11) is -3.72. The second kappa shape index (κ2) is 5.71. The molecule has 4 nitrogen and oxygen atoms in total. The number of hydrogen-bond donors (Lipinski definition) is 1. The maximum atomic E-state index is 12.7. The molecule has 0 spiro atoms. The fourth-order valence-electron chi connectivity index (χ4n) is 1.60. The van der Waals surface area contributed by atoms with Crippen molar-refractivity contribution in [2.45, 2.75) is 20.0 Å². The lowest BCUT2D eigenvalue weighted by Gasteiger charge is -2.13. The number of rotatable bonds is 4. The van der Waals surface area contributed by atoms with Crippen LogP contribution in [0.1, 0.15) is 25.0 Å². The molecule has 0 saturated heterocycles.